The highest BCUT2D eigenvalue weighted by Gasteiger charge is 2.28. The molecule has 0 atom stereocenters. The maximum Gasteiger partial charge on any atom is 0.354 e. The second kappa shape index (κ2) is 3.51. The van der Waals surface area contributed by atoms with E-state index in [0.717, 1.165) is 25.0 Å². The molecule has 6 heteroatoms. The van der Waals surface area contributed by atoms with Crippen molar-refractivity contribution in [2.75, 3.05) is 0 Å². The smallest absolute Gasteiger partial charge is 0.354 e. The van der Waals surface area contributed by atoms with Crippen molar-refractivity contribution >= 4 is 11.7 Å². The monoisotopic (exact) mass is 232 g/mol. The molecule has 1 saturated carbocycles. The summed E-state index contributed by atoms with van der Waals surface area (Å²) in [5.74, 6) is 0.478. The summed E-state index contributed by atoms with van der Waals surface area (Å²) in [6, 6.07) is 1.61. The molecule has 1 aliphatic carbocycles. The van der Waals surface area contributed by atoms with E-state index in [4.69, 9.17) is 5.11 Å². The van der Waals surface area contributed by atoms with Gasteiger partial charge in [0.1, 0.15) is 0 Å². The van der Waals surface area contributed by atoms with Gasteiger partial charge in [0.15, 0.2) is 11.5 Å². The minimum atomic E-state index is -1.02. The lowest BCUT2D eigenvalue weighted by atomic mass is 10.2. The van der Waals surface area contributed by atoms with Crippen molar-refractivity contribution in [3.63, 3.8) is 0 Å². The van der Waals surface area contributed by atoms with Gasteiger partial charge in [-0.25, -0.2) is 14.3 Å². The van der Waals surface area contributed by atoms with E-state index in [0.29, 0.717) is 17.5 Å². The average molecular weight is 232 g/mol. The molecule has 0 bridgehead atoms. The molecule has 6 nitrogen and oxygen atoms in total. The predicted molar refractivity (Wildman–Crippen MR) is 59.1 cm³/mol. The molecule has 0 unspecified atom stereocenters. The maximum atomic E-state index is 11.0. The topological polar surface area (TPSA) is 80.4 Å². The molecule has 0 spiro atoms. The Morgan fingerprint density at radius 2 is 2.29 bits per heavy atom. The number of aromatic nitrogens is 4. The molecule has 2 aromatic rings. The summed E-state index contributed by atoms with van der Waals surface area (Å²) in [6.07, 6.45) is 2.88. The fraction of sp³-hybridized carbons (Fsp3) is 0.455. The third-order valence-electron chi connectivity index (χ3n) is 2.91. The fourth-order valence-electron chi connectivity index (χ4n) is 1.86. The number of aryl methyl sites for hydroxylation is 1. The van der Waals surface area contributed by atoms with E-state index >= 15 is 0 Å². The molecule has 0 aliphatic heterocycles. The number of carboxylic acids is 1. The molecule has 1 fully saturated rings. The van der Waals surface area contributed by atoms with Gasteiger partial charge < -0.3 is 5.11 Å². The fourth-order valence-corrected chi connectivity index (χ4v) is 1.86. The molecule has 3 rings (SSSR count). The summed E-state index contributed by atoms with van der Waals surface area (Å²) in [5, 5.41) is 13.4. The van der Waals surface area contributed by atoms with Crippen LogP contribution in [0.5, 0.6) is 0 Å². The summed E-state index contributed by atoms with van der Waals surface area (Å²) >= 11 is 0. The van der Waals surface area contributed by atoms with E-state index in [1.807, 2.05) is 6.92 Å². The van der Waals surface area contributed by atoms with Crippen LogP contribution >= 0.6 is 0 Å². The van der Waals surface area contributed by atoms with Gasteiger partial charge in [0.05, 0.1) is 5.69 Å². The lowest BCUT2D eigenvalue weighted by Crippen LogP contribution is -2.07. The second-order valence-electron chi connectivity index (χ2n) is 4.24. The first kappa shape index (κ1) is 10.2. The highest BCUT2D eigenvalue weighted by molar-refractivity contribution is 5.86. The summed E-state index contributed by atoms with van der Waals surface area (Å²) in [6.45, 7) is 1.96. The number of fused-ring (bicyclic) bond motifs is 1. The summed E-state index contributed by atoms with van der Waals surface area (Å²) in [4.78, 5) is 19.2. The molecule has 0 aromatic carbocycles. The Hall–Kier alpha value is -1.98. The van der Waals surface area contributed by atoms with Crippen LogP contribution in [-0.2, 0) is 6.42 Å². The first-order valence-corrected chi connectivity index (χ1v) is 5.69. The van der Waals surface area contributed by atoms with Crippen LogP contribution in [0.2, 0.25) is 0 Å². The molecular weight excluding hydrogens is 220 g/mol. The van der Waals surface area contributed by atoms with E-state index in [1.165, 1.54) is 0 Å². The molecule has 0 saturated heterocycles. The number of aromatic carboxylic acids is 1. The number of rotatable bonds is 3. The van der Waals surface area contributed by atoms with Crippen LogP contribution in [-0.4, -0.2) is 30.7 Å². The van der Waals surface area contributed by atoms with Crippen LogP contribution in [0.3, 0.4) is 0 Å². The standard InChI is InChI=1S/C11H12N4O2/c1-2-9-13-11-12-7(10(16)17)5-8(6-3-4-6)15(11)14-9/h5-6H,2-4H2,1H3,(H,16,17). The van der Waals surface area contributed by atoms with Crippen LogP contribution in [0.15, 0.2) is 6.07 Å². The molecule has 2 heterocycles. The summed E-state index contributed by atoms with van der Waals surface area (Å²) < 4.78 is 1.68. The van der Waals surface area contributed by atoms with E-state index in [2.05, 4.69) is 15.1 Å². The van der Waals surface area contributed by atoms with Gasteiger partial charge in [0, 0.05) is 12.3 Å². The first-order chi connectivity index (χ1) is 8.19. The Balaban J connectivity index is 2.25. The molecule has 2 aromatic heterocycles. The minimum Gasteiger partial charge on any atom is -0.477 e. The van der Waals surface area contributed by atoms with Gasteiger partial charge in [-0.1, -0.05) is 6.92 Å². The Bertz CT molecular complexity index is 601. The predicted octanol–water partition coefficient (Wildman–Crippen LogP) is 1.26. The van der Waals surface area contributed by atoms with Crippen LogP contribution < -0.4 is 0 Å². The minimum absolute atomic E-state index is 0.0504. The highest BCUT2D eigenvalue weighted by atomic mass is 16.4. The van der Waals surface area contributed by atoms with Crippen molar-refractivity contribution in [1.82, 2.24) is 19.6 Å². The zero-order valence-electron chi connectivity index (χ0n) is 9.42. The Labute approximate surface area is 97.3 Å². The quantitative estimate of drug-likeness (QED) is 0.861. The van der Waals surface area contributed by atoms with E-state index < -0.39 is 5.97 Å². The van der Waals surface area contributed by atoms with Gasteiger partial charge in [-0.05, 0) is 18.9 Å². The lowest BCUT2D eigenvalue weighted by molar-refractivity contribution is 0.0690. The molecular formula is C11H12N4O2. The molecule has 0 radical (unpaired) electrons. The average Bonchev–Trinajstić information content (AvgIpc) is 3.06. The van der Waals surface area contributed by atoms with Crippen LogP contribution in [0.4, 0.5) is 0 Å². The molecule has 0 amide bonds. The second-order valence-corrected chi connectivity index (χ2v) is 4.24. The largest absolute Gasteiger partial charge is 0.477 e. The van der Waals surface area contributed by atoms with E-state index in [-0.39, 0.29) is 5.69 Å². The zero-order valence-corrected chi connectivity index (χ0v) is 9.42. The van der Waals surface area contributed by atoms with Crippen molar-refractivity contribution in [3.8, 4) is 0 Å². The van der Waals surface area contributed by atoms with E-state index in [9.17, 15) is 4.79 Å². The van der Waals surface area contributed by atoms with Crippen LogP contribution in [0, 0.1) is 0 Å². The van der Waals surface area contributed by atoms with Gasteiger partial charge in [-0.2, -0.15) is 4.98 Å². The van der Waals surface area contributed by atoms with Crippen molar-refractivity contribution in [2.24, 2.45) is 0 Å². The number of nitrogens with zero attached hydrogens (tertiary/aromatic N) is 4. The Kier molecular flexibility index (Phi) is 2.10. The van der Waals surface area contributed by atoms with Crippen LogP contribution in [0.25, 0.3) is 5.78 Å². The third kappa shape index (κ3) is 1.65. The van der Waals surface area contributed by atoms with Crippen molar-refractivity contribution in [3.05, 3.63) is 23.3 Å². The van der Waals surface area contributed by atoms with Crippen LogP contribution in [0.1, 0.15) is 47.7 Å². The van der Waals surface area contributed by atoms with E-state index in [1.54, 1.807) is 10.6 Å². The molecule has 1 N–H and O–H groups in total. The van der Waals surface area contributed by atoms with Crippen molar-refractivity contribution in [2.45, 2.75) is 32.1 Å². The summed E-state index contributed by atoms with van der Waals surface area (Å²) in [7, 11) is 0. The van der Waals surface area contributed by atoms with Gasteiger partial charge in [-0.3, -0.25) is 0 Å². The zero-order chi connectivity index (χ0) is 12.0. The molecule has 88 valence electrons. The van der Waals surface area contributed by atoms with Gasteiger partial charge in [0.25, 0.3) is 5.78 Å². The molecule has 17 heavy (non-hydrogen) atoms. The lowest BCUT2D eigenvalue weighted by Gasteiger charge is -2.02. The maximum absolute atomic E-state index is 11.0. The highest BCUT2D eigenvalue weighted by Crippen LogP contribution is 2.39. The van der Waals surface area contributed by atoms with Gasteiger partial charge in [0.2, 0.25) is 0 Å². The third-order valence-corrected chi connectivity index (χ3v) is 2.91. The Morgan fingerprint density at radius 3 is 2.88 bits per heavy atom. The Morgan fingerprint density at radius 1 is 1.53 bits per heavy atom. The number of hydrogen-bond acceptors (Lipinski definition) is 4. The number of carbonyl (C=O) groups is 1. The molecule has 1 aliphatic rings. The van der Waals surface area contributed by atoms with Crippen molar-refractivity contribution in [1.29, 1.82) is 0 Å². The van der Waals surface area contributed by atoms with Gasteiger partial charge >= 0.3 is 5.97 Å². The first-order valence-electron chi connectivity index (χ1n) is 5.69. The van der Waals surface area contributed by atoms with Gasteiger partial charge in [-0.15, -0.1) is 5.10 Å². The number of carboxylic acid groups (broad SMARTS) is 1. The van der Waals surface area contributed by atoms with Crippen molar-refractivity contribution < 1.29 is 9.90 Å². The SMILES string of the molecule is CCc1nc2nc(C(=O)O)cc(C3CC3)n2n1. The number of hydrogen-bond donors (Lipinski definition) is 1. The summed E-state index contributed by atoms with van der Waals surface area (Å²) in [5.41, 5.74) is 0.967. The normalized spacial score (nSPS) is 15.4.